The van der Waals surface area contributed by atoms with Gasteiger partial charge in [-0.15, -0.1) is 11.8 Å². The van der Waals surface area contributed by atoms with Gasteiger partial charge in [-0.05, 0) is 22.3 Å². The number of thioether (sulfide) groups is 1. The molecule has 0 spiro atoms. The lowest BCUT2D eigenvalue weighted by atomic mass is 9.84. The molecule has 0 bridgehead atoms. The van der Waals surface area contributed by atoms with Gasteiger partial charge < -0.3 is 11.1 Å². The molecule has 1 amide bonds. The Morgan fingerprint density at radius 2 is 1.09 bits per heavy atom. The Hall–Kier alpha value is -3.34. The molecule has 0 aliphatic carbocycles. The highest BCUT2D eigenvalue weighted by Crippen LogP contribution is 2.48. The first kappa shape index (κ1) is 22.8. The largest absolute Gasteiger partial charge is 0.351 e. The summed E-state index contributed by atoms with van der Waals surface area (Å²) in [6, 6.07) is 40.6. The molecular weight excluding hydrogens is 424 g/mol. The van der Waals surface area contributed by atoms with Crippen LogP contribution in [0.4, 0.5) is 0 Å². The van der Waals surface area contributed by atoms with Crippen LogP contribution in [0, 0.1) is 0 Å². The molecule has 0 aromatic heterocycles. The second-order valence-electron chi connectivity index (χ2n) is 7.90. The number of carbonyl (C=O) groups is 1. The average molecular weight is 453 g/mol. The van der Waals surface area contributed by atoms with E-state index in [0.29, 0.717) is 12.3 Å². The Kier molecular flexibility index (Phi) is 7.61. The van der Waals surface area contributed by atoms with Gasteiger partial charge in [0.25, 0.3) is 0 Å². The van der Waals surface area contributed by atoms with E-state index in [9.17, 15) is 4.79 Å². The van der Waals surface area contributed by atoms with Crippen LogP contribution in [0.2, 0.25) is 0 Å². The Bertz CT molecular complexity index is 1040. The Labute approximate surface area is 200 Å². The van der Waals surface area contributed by atoms with Crippen molar-refractivity contribution < 1.29 is 4.79 Å². The molecule has 4 aromatic carbocycles. The van der Waals surface area contributed by atoms with Crippen molar-refractivity contribution in [2.45, 2.75) is 17.3 Å². The monoisotopic (exact) mass is 452 g/mol. The molecule has 0 radical (unpaired) electrons. The molecule has 4 heteroatoms. The number of carbonyl (C=O) groups excluding carboxylic acids is 1. The van der Waals surface area contributed by atoms with Crippen molar-refractivity contribution in [2.24, 2.45) is 5.73 Å². The van der Waals surface area contributed by atoms with Crippen LogP contribution in [-0.4, -0.2) is 17.7 Å². The van der Waals surface area contributed by atoms with Gasteiger partial charge in [-0.1, -0.05) is 121 Å². The minimum atomic E-state index is -0.630. The van der Waals surface area contributed by atoms with Crippen molar-refractivity contribution in [2.75, 3.05) is 5.75 Å². The number of hydrogen-bond acceptors (Lipinski definition) is 3. The lowest BCUT2D eigenvalue weighted by molar-refractivity contribution is -0.122. The molecule has 0 aliphatic rings. The minimum absolute atomic E-state index is 0.144. The van der Waals surface area contributed by atoms with Gasteiger partial charge in [0.15, 0.2) is 0 Å². The summed E-state index contributed by atoms with van der Waals surface area (Å²) in [6.45, 7) is 0.471. The summed E-state index contributed by atoms with van der Waals surface area (Å²) >= 11 is 1.70. The second kappa shape index (κ2) is 11.0. The zero-order chi connectivity index (χ0) is 22.9. The maximum atomic E-state index is 12.8. The van der Waals surface area contributed by atoms with E-state index in [1.165, 1.54) is 0 Å². The Morgan fingerprint density at radius 3 is 1.52 bits per heavy atom. The van der Waals surface area contributed by atoms with Gasteiger partial charge in [-0.3, -0.25) is 4.79 Å². The summed E-state index contributed by atoms with van der Waals surface area (Å²) in [7, 11) is 0. The summed E-state index contributed by atoms with van der Waals surface area (Å²) < 4.78 is -0.485. The molecule has 4 aromatic rings. The van der Waals surface area contributed by atoms with Crippen molar-refractivity contribution >= 4 is 17.7 Å². The molecule has 3 nitrogen and oxygen atoms in total. The number of hydrogen-bond donors (Lipinski definition) is 2. The molecule has 3 N–H and O–H groups in total. The van der Waals surface area contributed by atoms with E-state index in [0.717, 1.165) is 22.3 Å². The SMILES string of the molecule is N[C@@H](CSC(c1ccccc1)(c1ccccc1)c1ccccc1)C(=O)NCc1ccccc1. The lowest BCUT2D eigenvalue weighted by Crippen LogP contribution is -2.43. The van der Waals surface area contributed by atoms with Crippen LogP contribution in [0.3, 0.4) is 0 Å². The quantitative estimate of drug-likeness (QED) is 0.336. The van der Waals surface area contributed by atoms with Gasteiger partial charge in [0.2, 0.25) is 5.91 Å². The lowest BCUT2D eigenvalue weighted by Gasteiger charge is -2.36. The van der Waals surface area contributed by atoms with Crippen molar-refractivity contribution in [3.8, 4) is 0 Å². The molecule has 0 saturated carbocycles. The second-order valence-corrected chi connectivity index (χ2v) is 9.13. The first-order valence-corrected chi connectivity index (χ1v) is 12.1. The molecule has 0 aliphatic heterocycles. The smallest absolute Gasteiger partial charge is 0.238 e. The van der Waals surface area contributed by atoms with E-state index in [1.54, 1.807) is 11.8 Å². The van der Waals surface area contributed by atoms with E-state index >= 15 is 0 Å². The molecule has 0 saturated heterocycles. The number of rotatable bonds is 9. The average Bonchev–Trinajstić information content (AvgIpc) is 2.90. The molecule has 0 fully saturated rings. The van der Waals surface area contributed by atoms with Crippen molar-refractivity contribution in [1.29, 1.82) is 0 Å². The summed E-state index contributed by atoms with van der Waals surface area (Å²) in [6.07, 6.45) is 0. The van der Waals surface area contributed by atoms with Crippen LogP contribution < -0.4 is 11.1 Å². The number of nitrogens with two attached hydrogens (primary N) is 1. The first-order chi connectivity index (χ1) is 16.2. The normalized spacial score (nSPS) is 12.2. The summed E-state index contributed by atoms with van der Waals surface area (Å²) in [4.78, 5) is 12.8. The molecule has 1 atom stereocenters. The third-order valence-electron chi connectivity index (χ3n) is 5.67. The van der Waals surface area contributed by atoms with Gasteiger partial charge in [0.05, 0.1) is 10.8 Å². The molecule has 4 rings (SSSR count). The topological polar surface area (TPSA) is 55.1 Å². The van der Waals surface area contributed by atoms with Gasteiger partial charge >= 0.3 is 0 Å². The summed E-state index contributed by atoms with van der Waals surface area (Å²) in [5, 5.41) is 2.98. The summed E-state index contributed by atoms with van der Waals surface area (Å²) in [5.74, 6) is 0.327. The molecule has 166 valence electrons. The van der Waals surface area contributed by atoms with Crippen molar-refractivity contribution in [3.63, 3.8) is 0 Å². The molecular formula is C29H28N2OS. The highest BCUT2D eigenvalue weighted by atomic mass is 32.2. The van der Waals surface area contributed by atoms with Crippen LogP contribution in [0.25, 0.3) is 0 Å². The van der Waals surface area contributed by atoms with Crippen LogP contribution in [0.5, 0.6) is 0 Å². The molecule has 0 unspecified atom stereocenters. The van der Waals surface area contributed by atoms with Crippen LogP contribution >= 0.6 is 11.8 Å². The van der Waals surface area contributed by atoms with E-state index in [-0.39, 0.29) is 5.91 Å². The Morgan fingerprint density at radius 1 is 0.697 bits per heavy atom. The first-order valence-electron chi connectivity index (χ1n) is 11.1. The van der Waals surface area contributed by atoms with Crippen molar-refractivity contribution in [3.05, 3.63) is 144 Å². The maximum absolute atomic E-state index is 12.8. The standard InChI is InChI=1S/C29H28N2OS/c30-27(28(32)31-21-23-13-5-1-6-14-23)22-33-29(24-15-7-2-8-16-24,25-17-9-3-10-18-25)26-19-11-4-12-20-26/h1-20,27H,21-22,30H2,(H,31,32)/t27-/m0/s1. The third kappa shape index (κ3) is 5.36. The highest BCUT2D eigenvalue weighted by molar-refractivity contribution is 8.00. The number of nitrogens with one attached hydrogen (secondary N) is 1. The zero-order valence-electron chi connectivity index (χ0n) is 18.4. The van der Waals surface area contributed by atoms with Gasteiger partial charge in [-0.2, -0.15) is 0 Å². The number of amides is 1. The van der Waals surface area contributed by atoms with E-state index in [2.05, 4.69) is 78.1 Å². The van der Waals surface area contributed by atoms with E-state index < -0.39 is 10.8 Å². The van der Waals surface area contributed by atoms with Gasteiger partial charge in [-0.25, -0.2) is 0 Å². The van der Waals surface area contributed by atoms with Crippen LogP contribution in [0.1, 0.15) is 22.3 Å². The summed E-state index contributed by atoms with van der Waals surface area (Å²) in [5.41, 5.74) is 10.9. The Balaban J connectivity index is 1.62. The zero-order valence-corrected chi connectivity index (χ0v) is 19.2. The third-order valence-corrected chi connectivity index (χ3v) is 7.33. The van der Waals surface area contributed by atoms with Crippen LogP contribution in [-0.2, 0) is 16.1 Å². The minimum Gasteiger partial charge on any atom is -0.351 e. The fourth-order valence-corrected chi connectivity index (χ4v) is 5.46. The van der Waals surface area contributed by atoms with Crippen LogP contribution in [0.15, 0.2) is 121 Å². The molecule has 0 heterocycles. The molecule has 33 heavy (non-hydrogen) atoms. The number of benzene rings is 4. The predicted molar refractivity (Wildman–Crippen MR) is 138 cm³/mol. The van der Waals surface area contributed by atoms with Crippen molar-refractivity contribution in [1.82, 2.24) is 5.32 Å². The van der Waals surface area contributed by atoms with Gasteiger partial charge in [0, 0.05) is 12.3 Å². The predicted octanol–water partition coefficient (Wildman–Crippen LogP) is 5.36. The maximum Gasteiger partial charge on any atom is 0.238 e. The van der Waals surface area contributed by atoms with E-state index in [1.807, 2.05) is 48.5 Å². The van der Waals surface area contributed by atoms with E-state index in [4.69, 9.17) is 5.73 Å². The van der Waals surface area contributed by atoms with Gasteiger partial charge in [0.1, 0.15) is 0 Å². The highest BCUT2D eigenvalue weighted by Gasteiger charge is 2.37. The fraction of sp³-hybridized carbons (Fsp3) is 0.138. The fourth-order valence-electron chi connectivity index (χ4n) is 3.98.